The number of carbonyl (C=O) groups excluding carboxylic acids is 1. The van der Waals surface area contributed by atoms with Gasteiger partial charge in [-0.1, -0.05) is 54.6 Å². The van der Waals surface area contributed by atoms with Crippen molar-refractivity contribution in [2.75, 3.05) is 30.8 Å². The quantitative estimate of drug-likeness (QED) is 0.181. The number of rotatable bonds is 12. The second kappa shape index (κ2) is 17.2. The molecule has 3 rings (SSSR count). The molecule has 0 aromatic heterocycles. The van der Waals surface area contributed by atoms with Crippen LogP contribution in [0.15, 0.2) is 78.9 Å². The van der Waals surface area contributed by atoms with Crippen molar-refractivity contribution in [3.63, 3.8) is 0 Å². The summed E-state index contributed by atoms with van der Waals surface area (Å²) in [6.45, 7) is 1.06. The van der Waals surface area contributed by atoms with Gasteiger partial charge in [-0.25, -0.2) is 0 Å². The number of nitro benzene ring substituents is 2. The van der Waals surface area contributed by atoms with Crippen molar-refractivity contribution in [2.45, 2.75) is 19.4 Å². The fourth-order valence-corrected chi connectivity index (χ4v) is 3.31. The van der Waals surface area contributed by atoms with Gasteiger partial charge in [-0.05, 0) is 17.7 Å². The molecule has 3 aromatic rings. The molecule has 13 heteroatoms. The predicted octanol–water partition coefficient (Wildman–Crippen LogP) is 4.53. The van der Waals surface area contributed by atoms with Gasteiger partial charge in [0, 0.05) is 66.3 Å². The second-order valence-electron chi connectivity index (χ2n) is 8.03. The minimum Gasteiger partial charge on any atom is -0.481 e. The van der Waals surface area contributed by atoms with Crippen LogP contribution < -0.4 is 10.6 Å². The van der Waals surface area contributed by atoms with E-state index in [0.717, 1.165) is 5.56 Å². The molecule has 0 bridgehead atoms. The Bertz CT molecular complexity index is 1240. The molecule has 3 aromatic carbocycles. The van der Waals surface area contributed by atoms with Crippen LogP contribution in [0.5, 0.6) is 0 Å². The molecule has 0 heterocycles. The van der Waals surface area contributed by atoms with Crippen LogP contribution in [0.2, 0.25) is 0 Å². The summed E-state index contributed by atoms with van der Waals surface area (Å²) in [5.41, 5.74) is 1.79. The molecular weight excluding hydrogens is 678 g/mol. The number of carboxylic acid groups (broad SMARTS) is 1. The summed E-state index contributed by atoms with van der Waals surface area (Å²) < 4.78 is 0. The van der Waals surface area contributed by atoms with E-state index >= 15 is 0 Å². The third-order valence-corrected chi connectivity index (χ3v) is 5.20. The van der Waals surface area contributed by atoms with Crippen LogP contribution in [0.25, 0.3) is 0 Å². The van der Waals surface area contributed by atoms with E-state index in [1.807, 2.05) is 30.3 Å². The standard InChI is InChI=1S/C17H19N3O3.C9H10N2O4.W/c1-19(13-14-7-3-2-4-8-14)17(21)11-12-18-15-9-5-6-10-16(15)20(22)23;12-9(13)5-6-10-7-3-1-2-4-8(7)11(14)15;/h2-10,18H,11-13H2,1H3;1-4,10H,5-6H2,(H,12,13);. The number of benzene rings is 3. The van der Waals surface area contributed by atoms with Gasteiger partial charge in [0.1, 0.15) is 11.4 Å². The Labute approximate surface area is 239 Å². The van der Waals surface area contributed by atoms with E-state index in [1.54, 1.807) is 48.3 Å². The first kappa shape index (κ1) is 32.7. The topological polar surface area (TPSA) is 168 Å². The maximum Gasteiger partial charge on any atom is 0.305 e. The Morgan fingerprint density at radius 2 is 1.21 bits per heavy atom. The molecule has 0 atom stereocenters. The number of para-hydroxylation sites is 4. The Balaban J connectivity index is 0.000000414. The molecule has 206 valence electrons. The summed E-state index contributed by atoms with van der Waals surface area (Å²) in [4.78, 5) is 44.5. The SMILES string of the molecule is CN(Cc1ccccc1)C(=O)CCNc1ccccc1[N+](=O)[O-].O=C(O)CCNc1ccccc1[N+](=O)[O-].[W]. The van der Waals surface area contributed by atoms with Gasteiger partial charge in [0.25, 0.3) is 11.4 Å². The van der Waals surface area contributed by atoms with E-state index in [9.17, 15) is 29.8 Å². The summed E-state index contributed by atoms with van der Waals surface area (Å²) >= 11 is 0. The molecule has 0 aliphatic carbocycles. The Hall–Kier alpha value is -4.31. The number of aliphatic carboxylic acids is 1. The van der Waals surface area contributed by atoms with E-state index in [0.29, 0.717) is 24.5 Å². The second-order valence-corrected chi connectivity index (χ2v) is 8.03. The molecule has 0 saturated heterocycles. The van der Waals surface area contributed by atoms with Gasteiger partial charge in [0.05, 0.1) is 16.3 Å². The largest absolute Gasteiger partial charge is 0.481 e. The summed E-state index contributed by atoms with van der Waals surface area (Å²) in [6, 6.07) is 22.3. The van der Waals surface area contributed by atoms with Gasteiger partial charge in [0.2, 0.25) is 5.91 Å². The van der Waals surface area contributed by atoms with Gasteiger partial charge < -0.3 is 20.6 Å². The number of amides is 1. The van der Waals surface area contributed by atoms with Crippen LogP contribution in [0, 0.1) is 20.2 Å². The van der Waals surface area contributed by atoms with Crippen LogP contribution in [0.3, 0.4) is 0 Å². The van der Waals surface area contributed by atoms with Crippen molar-refractivity contribution in [2.24, 2.45) is 0 Å². The van der Waals surface area contributed by atoms with Crippen LogP contribution in [0.4, 0.5) is 22.7 Å². The molecule has 0 aliphatic heterocycles. The molecule has 39 heavy (non-hydrogen) atoms. The maximum atomic E-state index is 12.1. The van der Waals surface area contributed by atoms with Crippen LogP contribution >= 0.6 is 0 Å². The number of nitrogens with one attached hydrogen (secondary N) is 2. The zero-order valence-electron chi connectivity index (χ0n) is 21.2. The average molecular weight is 707 g/mol. The predicted molar refractivity (Wildman–Crippen MR) is 143 cm³/mol. The zero-order valence-corrected chi connectivity index (χ0v) is 24.1. The molecular formula is C26H29N5O7W. The van der Waals surface area contributed by atoms with Crippen molar-refractivity contribution in [3.05, 3.63) is 105 Å². The molecule has 0 fully saturated rings. The van der Waals surface area contributed by atoms with Crippen molar-refractivity contribution < 1.29 is 45.6 Å². The van der Waals surface area contributed by atoms with Crippen molar-refractivity contribution in [1.82, 2.24) is 4.90 Å². The number of nitrogens with zero attached hydrogens (tertiary/aromatic N) is 3. The van der Waals surface area contributed by atoms with Crippen LogP contribution in [-0.4, -0.2) is 51.9 Å². The smallest absolute Gasteiger partial charge is 0.305 e. The van der Waals surface area contributed by atoms with E-state index in [-0.39, 0.29) is 57.7 Å². The third-order valence-electron chi connectivity index (χ3n) is 5.20. The molecule has 12 nitrogen and oxygen atoms in total. The Morgan fingerprint density at radius 1 is 0.769 bits per heavy atom. The normalized spacial score (nSPS) is 9.67. The number of carboxylic acids is 1. The van der Waals surface area contributed by atoms with Gasteiger partial charge in [-0.2, -0.15) is 0 Å². The van der Waals surface area contributed by atoms with E-state index in [4.69, 9.17) is 5.11 Å². The van der Waals surface area contributed by atoms with Crippen LogP contribution in [-0.2, 0) is 37.2 Å². The minimum absolute atomic E-state index is 0. The number of hydrogen-bond acceptors (Lipinski definition) is 8. The average Bonchev–Trinajstić information content (AvgIpc) is 2.89. The Morgan fingerprint density at radius 3 is 1.67 bits per heavy atom. The van der Waals surface area contributed by atoms with Crippen molar-refractivity contribution in [3.8, 4) is 0 Å². The van der Waals surface area contributed by atoms with E-state index < -0.39 is 15.8 Å². The molecule has 0 unspecified atom stereocenters. The van der Waals surface area contributed by atoms with Gasteiger partial charge in [-0.3, -0.25) is 29.8 Å². The van der Waals surface area contributed by atoms with E-state index in [2.05, 4.69) is 10.6 Å². The molecule has 0 spiro atoms. The fraction of sp³-hybridized carbons (Fsp3) is 0.231. The maximum absolute atomic E-state index is 12.1. The third kappa shape index (κ3) is 11.7. The first-order chi connectivity index (χ1) is 18.2. The minimum atomic E-state index is -0.943. The summed E-state index contributed by atoms with van der Waals surface area (Å²) in [7, 11) is 1.75. The molecule has 0 saturated carbocycles. The van der Waals surface area contributed by atoms with Crippen LogP contribution in [0.1, 0.15) is 18.4 Å². The van der Waals surface area contributed by atoms with E-state index in [1.165, 1.54) is 12.1 Å². The summed E-state index contributed by atoms with van der Waals surface area (Å²) in [5.74, 6) is -0.957. The Kier molecular flexibility index (Phi) is 14.5. The molecule has 1 amide bonds. The molecule has 0 radical (unpaired) electrons. The summed E-state index contributed by atoms with van der Waals surface area (Å²) in [6.07, 6.45) is 0.196. The monoisotopic (exact) mass is 707 g/mol. The zero-order chi connectivity index (χ0) is 27.9. The number of nitro groups is 2. The number of anilines is 2. The fourth-order valence-electron chi connectivity index (χ4n) is 3.31. The van der Waals surface area contributed by atoms with Gasteiger partial charge >= 0.3 is 5.97 Å². The number of hydrogen-bond donors (Lipinski definition) is 3. The van der Waals surface area contributed by atoms with Gasteiger partial charge in [0.15, 0.2) is 0 Å². The van der Waals surface area contributed by atoms with Gasteiger partial charge in [-0.15, -0.1) is 0 Å². The molecule has 3 N–H and O–H groups in total. The first-order valence-electron chi connectivity index (χ1n) is 11.6. The summed E-state index contributed by atoms with van der Waals surface area (Å²) in [5, 5.41) is 35.5. The number of carbonyl (C=O) groups is 2. The van der Waals surface area contributed by atoms with Crippen molar-refractivity contribution in [1.29, 1.82) is 0 Å². The van der Waals surface area contributed by atoms with Crippen molar-refractivity contribution >= 4 is 34.6 Å². The first-order valence-corrected chi connectivity index (χ1v) is 11.6. The molecule has 0 aliphatic rings.